The average Bonchev–Trinajstić information content (AvgIpc) is 2.30. The van der Waals surface area contributed by atoms with E-state index in [0.29, 0.717) is 5.02 Å². The second-order valence-corrected chi connectivity index (χ2v) is 4.62. The lowest BCUT2D eigenvalue weighted by molar-refractivity contribution is 0.0864. The van der Waals surface area contributed by atoms with E-state index in [-0.39, 0.29) is 11.7 Å². The predicted molar refractivity (Wildman–Crippen MR) is 64.4 cm³/mol. The van der Waals surface area contributed by atoms with Gasteiger partial charge in [0.2, 0.25) is 0 Å². The molecule has 1 heterocycles. The first-order valence-electron chi connectivity index (χ1n) is 5.46. The summed E-state index contributed by atoms with van der Waals surface area (Å²) in [4.78, 5) is 13.9. The summed E-state index contributed by atoms with van der Waals surface area (Å²) in [5.41, 5.74) is 0.750. The van der Waals surface area contributed by atoms with Crippen LogP contribution in [0, 0.1) is 13.0 Å². The molecule has 0 N–H and O–H groups in total. The molecule has 84 valence electrons. The van der Waals surface area contributed by atoms with Gasteiger partial charge >= 0.3 is 0 Å². The van der Waals surface area contributed by atoms with Crippen LogP contribution in [0.2, 0.25) is 5.02 Å². The molecular formula is C13H14ClNO. The normalized spacial score (nSPS) is 18.6. The molecule has 1 aliphatic heterocycles. The van der Waals surface area contributed by atoms with Crippen LogP contribution in [0.5, 0.6) is 0 Å². The number of carbonyl (C=O) groups is 1. The van der Waals surface area contributed by atoms with Gasteiger partial charge in [-0.2, -0.15) is 0 Å². The molecule has 3 heteroatoms. The summed E-state index contributed by atoms with van der Waals surface area (Å²) in [7, 11) is 5.66. The molecule has 0 aromatic heterocycles. The Kier molecular flexibility index (Phi) is 3.62. The van der Waals surface area contributed by atoms with Crippen LogP contribution in [-0.2, 0) is 0 Å². The number of rotatable bonds is 2. The molecule has 1 aromatic rings. The number of piperidine rings is 1. The number of benzene rings is 1. The first-order chi connectivity index (χ1) is 7.66. The van der Waals surface area contributed by atoms with Crippen LogP contribution in [0.25, 0.3) is 0 Å². The zero-order valence-electron chi connectivity index (χ0n) is 9.03. The fraction of sp³-hybridized carbons (Fsp3) is 0.385. The SMILES string of the molecule is [CH]N1CCC(C(=O)c2ccc(Cl)cc2)CC1. The summed E-state index contributed by atoms with van der Waals surface area (Å²) in [5.74, 6) is 0.325. The second kappa shape index (κ2) is 4.98. The van der Waals surface area contributed by atoms with Crippen LogP contribution in [0.1, 0.15) is 23.2 Å². The van der Waals surface area contributed by atoms with Crippen molar-refractivity contribution in [2.45, 2.75) is 12.8 Å². The largest absolute Gasteiger partial charge is 0.297 e. The first-order valence-corrected chi connectivity index (χ1v) is 5.84. The van der Waals surface area contributed by atoms with E-state index in [1.807, 2.05) is 0 Å². The molecule has 2 radical (unpaired) electrons. The molecule has 16 heavy (non-hydrogen) atoms. The number of Topliss-reactive ketones (excluding diaryl/α,β-unsaturated/α-hetero) is 1. The highest BCUT2D eigenvalue weighted by Crippen LogP contribution is 2.22. The van der Waals surface area contributed by atoms with Crippen molar-refractivity contribution < 1.29 is 4.79 Å². The Labute approximate surface area is 101 Å². The fourth-order valence-corrected chi connectivity index (χ4v) is 2.14. The van der Waals surface area contributed by atoms with Crippen molar-refractivity contribution in [1.82, 2.24) is 4.90 Å². The highest BCUT2D eigenvalue weighted by molar-refractivity contribution is 6.30. The van der Waals surface area contributed by atoms with Crippen molar-refractivity contribution in [1.29, 1.82) is 0 Å². The van der Waals surface area contributed by atoms with Gasteiger partial charge in [0, 0.05) is 23.6 Å². The highest BCUT2D eigenvalue weighted by Gasteiger charge is 2.24. The highest BCUT2D eigenvalue weighted by atomic mass is 35.5. The maximum Gasteiger partial charge on any atom is 0.166 e. The fourth-order valence-electron chi connectivity index (χ4n) is 2.01. The van der Waals surface area contributed by atoms with Gasteiger partial charge in [-0.15, -0.1) is 0 Å². The van der Waals surface area contributed by atoms with Crippen LogP contribution in [-0.4, -0.2) is 23.8 Å². The van der Waals surface area contributed by atoms with Crippen LogP contribution in [0.4, 0.5) is 0 Å². The van der Waals surface area contributed by atoms with Crippen LogP contribution < -0.4 is 0 Å². The van der Waals surface area contributed by atoms with Gasteiger partial charge in [0.25, 0.3) is 0 Å². The molecule has 2 rings (SSSR count). The number of likely N-dealkylation sites (tertiary alicyclic amines) is 1. The Bertz CT molecular complexity index is 366. The maximum absolute atomic E-state index is 12.1. The molecule has 1 aromatic carbocycles. The standard InChI is InChI=1S/C13H14ClNO/c1-15-8-6-11(7-9-15)13(16)10-2-4-12(14)5-3-10/h1-5,11H,6-9H2. The van der Waals surface area contributed by atoms with E-state index in [9.17, 15) is 4.79 Å². The summed E-state index contributed by atoms with van der Waals surface area (Å²) in [6.07, 6.45) is 1.69. The van der Waals surface area contributed by atoms with E-state index in [2.05, 4.69) is 0 Å². The minimum Gasteiger partial charge on any atom is -0.297 e. The summed E-state index contributed by atoms with van der Waals surface area (Å²) in [6.45, 7) is 1.59. The van der Waals surface area contributed by atoms with E-state index >= 15 is 0 Å². The van der Waals surface area contributed by atoms with E-state index in [1.165, 1.54) is 0 Å². The molecule has 0 bridgehead atoms. The third kappa shape index (κ3) is 2.63. The van der Waals surface area contributed by atoms with Gasteiger partial charge < -0.3 is 0 Å². The first kappa shape index (κ1) is 11.6. The van der Waals surface area contributed by atoms with Gasteiger partial charge in [0.05, 0.1) is 0 Å². The van der Waals surface area contributed by atoms with Gasteiger partial charge in [0.1, 0.15) is 0 Å². The summed E-state index contributed by atoms with van der Waals surface area (Å²) in [5, 5.41) is 0.660. The van der Waals surface area contributed by atoms with Gasteiger partial charge in [-0.3, -0.25) is 9.69 Å². The number of hydrogen-bond donors (Lipinski definition) is 0. The minimum absolute atomic E-state index is 0.112. The lowest BCUT2D eigenvalue weighted by Gasteiger charge is -2.27. The monoisotopic (exact) mass is 235 g/mol. The molecule has 1 aliphatic rings. The summed E-state index contributed by atoms with van der Waals surface area (Å²) < 4.78 is 0. The third-order valence-corrected chi connectivity index (χ3v) is 3.28. The summed E-state index contributed by atoms with van der Waals surface area (Å²) in [6, 6.07) is 7.10. The Morgan fingerprint density at radius 2 is 1.81 bits per heavy atom. The van der Waals surface area contributed by atoms with Crippen molar-refractivity contribution in [2.24, 2.45) is 5.92 Å². The molecule has 0 unspecified atom stereocenters. The minimum atomic E-state index is 0.112. The lowest BCUT2D eigenvalue weighted by atomic mass is 9.89. The van der Waals surface area contributed by atoms with E-state index in [4.69, 9.17) is 18.6 Å². The Hall–Kier alpha value is -0.860. The predicted octanol–water partition coefficient (Wildman–Crippen LogP) is 2.90. The van der Waals surface area contributed by atoms with E-state index in [0.717, 1.165) is 31.5 Å². The Morgan fingerprint density at radius 3 is 2.38 bits per heavy atom. The molecule has 2 nitrogen and oxygen atoms in total. The Balaban J connectivity index is 2.05. The van der Waals surface area contributed by atoms with Crippen molar-refractivity contribution in [3.05, 3.63) is 41.9 Å². The van der Waals surface area contributed by atoms with Crippen molar-refractivity contribution >= 4 is 17.4 Å². The zero-order valence-corrected chi connectivity index (χ0v) is 9.78. The maximum atomic E-state index is 12.1. The lowest BCUT2D eigenvalue weighted by Crippen LogP contribution is -2.32. The van der Waals surface area contributed by atoms with Gasteiger partial charge in [-0.1, -0.05) is 11.6 Å². The van der Waals surface area contributed by atoms with Gasteiger partial charge in [-0.25, -0.2) is 0 Å². The van der Waals surface area contributed by atoms with Crippen LogP contribution >= 0.6 is 11.6 Å². The second-order valence-electron chi connectivity index (χ2n) is 4.18. The molecule has 1 fully saturated rings. The zero-order chi connectivity index (χ0) is 11.5. The Morgan fingerprint density at radius 1 is 1.25 bits per heavy atom. The quantitative estimate of drug-likeness (QED) is 0.735. The van der Waals surface area contributed by atoms with Gasteiger partial charge in [-0.05, 0) is 50.2 Å². The molecule has 0 spiro atoms. The van der Waals surface area contributed by atoms with Crippen molar-refractivity contribution in [2.75, 3.05) is 13.1 Å². The number of halogens is 1. The third-order valence-electron chi connectivity index (χ3n) is 3.03. The molecule has 0 aliphatic carbocycles. The molecule has 0 saturated carbocycles. The number of hydrogen-bond acceptors (Lipinski definition) is 2. The molecular weight excluding hydrogens is 222 g/mol. The number of nitrogens with zero attached hydrogens (tertiary/aromatic N) is 1. The van der Waals surface area contributed by atoms with Crippen molar-refractivity contribution in [3.63, 3.8) is 0 Å². The molecule has 0 atom stereocenters. The molecule has 0 amide bonds. The average molecular weight is 236 g/mol. The van der Waals surface area contributed by atoms with Crippen LogP contribution in [0.3, 0.4) is 0 Å². The molecule has 1 saturated heterocycles. The van der Waals surface area contributed by atoms with Crippen molar-refractivity contribution in [3.8, 4) is 0 Å². The topological polar surface area (TPSA) is 20.3 Å². The summed E-state index contributed by atoms with van der Waals surface area (Å²) >= 11 is 5.79. The number of carbonyl (C=O) groups excluding carboxylic acids is 1. The van der Waals surface area contributed by atoms with E-state index < -0.39 is 0 Å². The van der Waals surface area contributed by atoms with Crippen LogP contribution in [0.15, 0.2) is 24.3 Å². The van der Waals surface area contributed by atoms with Gasteiger partial charge in [0.15, 0.2) is 5.78 Å². The smallest absolute Gasteiger partial charge is 0.166 e. The van der Waals surface area contributed by atoms with E-state index in [1.54, 1.807) is 29.2 Å². The number of ketones is 1.